The fourth-order valence-electron chi connectivity index (χ4n) is 3.18. The van der Waals surface area contributed by atoms with E-state index in [-0.39, 0.29) is 30.3 Å². The van der Waals surface area contributed by atoms with Crippen molar-refractivity contribution in [3.8, 4) is 5.75 Å². The van der Waals surface area contributed by atoms with E-state index in [9.17, 15) is 4.79 Å². The molecule has 0 unspecified atom stereocenters. The molecule has 3 rings (SSSR count). The maximum Gasteiger partial charge on any atom is 0.254 e. The first-order valence-corrected chi connectivity index (χ1v) is 7.84. The fourth-order valence-corrected chi connectivity index (χ4v) is 3.18. The summed E-state index contributed by atoms with van der Waals surface area (Å²) in [6, 6.07) is 15.7. The summed E-state index contributed by atoms with van der Waals surface area (Å²) in [4.78, 5) is 14.6. The minimum atomic E-state index is -0.0336. The Hall–Kier alpha value is -2.04. The normalized spacial score (nSPS) is 19.7. The zero-order valence-electron chi connectivity index (χ0n) is 13.9. The number of hydrogen-bond acceptors (Lipinski definition) is 3. The van der Waals surface area contributed by atoms with Gasteiger partial charge in [-0.05, 0) is 30.2 Å². The van der Waals surface area contributed by atoms with Gasteiger partial charge in [0.15, 0.2) is 0 Å². The van der Waals surface area contributed by atoms with Crippen LogP contribution in [0.4, 0.5) is 0 Å². The number of nitrogens with zero attached hydrogens (tertiary/aromatic N) is 1. The van der Waals surface area contributed by atoms with Gasteiger partial charge in [-0.25, -0.2) is 0 Å². The van der Waals surface area contributed by atoms with Crippen LogP contribution in [0.3, 0.4) is 0 Å². The van der Waals surface area contributed by atoms with Crippen molar-refractivity contribution in [1.82, 2.24) is 4.90 Å². The van der Waals surface area contributed by atoms with Gasteiger partial charge in [-0.1, -0.05) is 36.4 Å². The van der Waals surface area contributed by atoms with Gasteiger partial charge < -0.3 is 15.4 Å². The molecule has 2 N–H and O–H groups in total. The Morgan fingerprint density at radius 3 is 2.54 bits per heavy atom. The van der Waals surface area contributed by atoms with Gasteiger partial charge in [0.05, 0.1) is 7.11 Å². The first kappa shape index (κ1) is 18.3. The van der Waals surface area contributed by atoms with Crippen molar-refractivity contribution < 1.29 is 9.53 Å². The smallest absolute Gasteiger partial charge is 0.254 e. The van der Waals surface area contributed by atoms with E-state index in [4.69, 9.17) is 10.5 Å². The number of benzene rings is 2. The highest BCUT2D eigenvalue weighted by atomic mass is 35.5. The van der Waals surface area contributed by atoms with Gasteiger partial charge >= 0.3 is 0 Å². The molecule has 1 aliphatic rings. The number of methoxy groups -OCH3 is 1. The summed E-state index contributed by atoms with van der Waals surface area (Å²) in [6.07, 6.45) is 0. The number of carbonyl (C=O) groups excluding carboxylic acids is 1. The number of hydrogen-bond donors (Lipinski definition) is 1. The molecule has 2 aromatic carbocycles. The molecule has 0 saturated carbocycles. The van der Waals surface area contributed by atoms with Gasteiger partial charge in [-0.15, -0.1) is 12.4 Å². The van der Waals surface area contributed by atoms with Crippen molar-refractivity contribution in [3.63, 3.8) is 0 Å². The maximum absolute atomic E-state index is 12.8. The van der Waals surface area contributed by atoms with E-state index in [1.807, 2.05) is 42.2 Å². The zero-order chi connectivity index (χ0) is 16.4. The summed E-state index contributed by atoms with van der Waals surface area (Å²) in [5, 5.41) is 0. The highest BCUT2D eigenvalue weighted by Crippen LogP contribution is 2.28. The molecule has 24 heavy (non-hydrogen) atoms. The molecule has 0 aromatic heterocycles. The number of carbonyl (C=O) groups is 1. The lowest BCUT2D eigenvalue weighted by molar-refractivity contribution is 0.0789. The number of ether oxygens (including phenoxy) is 1. The molecule has 1 heterocycles. The van der Waals surface area contributed by atoms with Gasteiger partial charge in [-0.2, -0.15) is 0 Å². The van der Waals surface area contributed by atoms with E-state index in [0.717, 1.165) is 11.3 Å². The van der Waals surface area contributed by atoms with Crippen molar-refractivity contribution in [2.75, 3.05) is 20.2 Å². The first-order valence-electron chi connectivity index (χ1n) is 7.84. The number of likely N-dealkylation sites (tertiary alicyclic amines) is 1. The Morgan fingerprint density at radius 1 is 1.17 bits per heavy atom. The van der Waals surface area contributed by atoms with E-state index in [2.05, 4.69) is 12.1 Å². The molecule has 1 aliphatic heterocycles. The highest BCUT2D eigenvalue weighted by Gasteiger charge is 2.34. The monoisotopic (exact) mass is 346 g/mol. The van der Waals surface area contributed by atoms with Crippen LogP contribution < -0.4 is 10.5 Å². The van der Waals surface area contributed by atoms with Gasteiger partial charge in [0.1, 0.15) is 5.75 Å². The molecular weight excluding hydrogens is 324 g/mol. The highest BCUT2D eigenvalue weighted by molar-refractivity contribution is 5.95. The molecule has 0 aliphatic carbocycles. The third kappa shape index (κ3) is 3.55. The molecular formula is C19H23ClN2O2. The molecule has 1 fully saturated rings. The van der Waals surface area contributed by atoms with Gasteiger partial charge in [0.25, 0.3) is 5.91 Å². The summed E-state index contributed by atoms with van der Waals surface area (Å²) >= 11 is 0. The molecule has 2 aromatic rings. The third-order valence-electron chi connectivity index (χ3n) is 4.54. The lowest BCUT2D eigenvalue weighted by Crippen LogP contribution is -2.32. The lowest BCUT2D eigenvalue weighted by atomic mass is 9.95. The van der Waals surface area contributed by atoms with E-state index in [1.165, 1.54) is 5.56 Å². The van der Waals surface area contributed by atoms with E-state index in [1.54, 1.807) is 13.2 Å². The molecule has 0 radical (unpaired) electrons. The van der Waals surface area contributed by atoms with Crippen LogP contribution in [0.15, 0.2) is 48.5 Å². The van der Waals surface area contributed by atoms with Crippen LogP contribution in [0, 0.1) is 6.92 Å². The van der Waals surface area contributed by atoms with Gasteiger partial charge in [0.2, 0.25) is 0 Å². The number of amides is 1. The van der Waals surface area contributed by atoms with E-state index >= 15 is 0 Å². The number of aryl methyl sites for hydroxylation is 1. The summed E-state index contributed by atoms with van der Waals surface area (Å²) in [5.74, 6) is 0.934. The minimum absolute atomic E-state index is 0. The lowest BCUT2D eigenvalue weighted by Gasteiger charge is -2.17. The number of rotatable bonds is 3. The van der Waals surface area contributed by atoms with Crippen molar-refractivity contribution in [2.45, 2.75) is 18.9 Å². The Morgan fingerprint density at radius 2 is 1.88 bits per heavy atom. The fraction of sp³-hybridized carbons (Fsp3) is 0.316. The summed E-state index contributed by atoms with van der Waals surface area (Å²) in [5.41, 5.74) is 9.13. The molecule has 1 amide bonds. The Balaban J connectivity index is 0.00000208. The average molecular weight is 347 g/mol. The SMILES string of the molecule is COc1cc(C(=O)N2C[C@@H](N)[C@H](c3ccccc3)C2)ccc1C.Cl. The summed E-state index contributed by atoms with van der Waals surface area (Å²) in [6.45, 7) is 3.19. The van der Waals surface area contributed by atoms with Gasteiger partial charge in [-0.3, -0.25) is 4.79 Å². The molecule has 0 bridgehead atoms. The largest absolute Gasteiger partial charge is 0.496 e. The topological polar surface area (TPSA) is 55.6 Å². The van der Waals surface area contributed by atoms with Gasteiger partial charge in [0, 0.05) is 30.6 Å². The molecule has 0 spiro atoms. The quantitative estimate of drug-likeness (QED) is 0.929. The van der Waals surface area contributed by atoms with Crippen LogP contribution >= 0.6 is 12.4 Å². The van der Waals surface area contributed by atoms with Crippen LogP contribution in [0.1, 0.15) is 27.4 Å². The van der Waals surface area contributed by atoms with E-state index < -0.39 is 0 Å². The van der Waals surface area contributed by atoms with Crippen LogP contribution in [0.25, 0.3) is 0 Å². The van der Waals surface area contributed by atoms with Crippen LogP contribution in [-0.2, 0) is 0 Å². The second-order valence-electron chi connectivity index (χ2n) is 6.08. The number of nitrogens with two attached hydrogens (primary N) is 1. The van der Waals surface area contributed by atoms with Crippen molar-refractivity contribution in [1.29, 1.82) is 0 Å². The Bertz CT molecular complexity index is 706. The van der Waals surface area contributed by atoms with Crippen LogP contribution in [0.5, 0.6) is 5.75 Å². The van der Waals surface area contributed by atoms with Crippen molar-refractivity contribution >= 4 is 18.3 Å². The first-order chi connectivity index (χ1) is 11.1. The maximum atomic E-state index is 12.8. The summed E-state index contributed by atoms with van der Waals surface area (Å²) < 4.78 is 5.31. The molecule has 4 nitrogen and oxygen atoms in total. The third-order valence-corrected chi connectivity index (χ3v) is 4.54. The summed E-state index contributed by atoms with van der Waals surface area (Å²) in [7, 11) is 1.62. The number of halogens is 1. The molecule has 128 valence electrons. The zero-order valence-corrected chi connectivity index (χ0v) is 14.8. The van der Waals surface area contributed by atoms with Crippen LogP contribution in [0.2, 0.25) is 0 Å². The standard InChI is InChI=1S/C19H22N2O2.ClH/c1-13-8-9-15(10-18(13)23-2)19(22)21-11-16(17(20)12-21)14-6-4-3-5-7-14;/h3-10,16-17H,11-12,20H2,1-2H3;1H/t16-,17+;/m0./s1. The Labute approximate surface area is 149 Å². The molecule has 5 heteroatoms. The van der Waals surface area contributed by atoms with Crippen molar-refractivity contribution in [3.05, 3.63) is 65.2 Å². The van der Waals surface area contributed by atoms with E-state index in [0.29, 0.717) is 18.7 Å². The predicted molar refractivity (Wildman–Crippen MR) is 98.0 cm³/mol. The molecule has 1 saturated heterocycles. The Kier molecular flexibility index (Phi) is 5.86. The predicted octanol–water partition coefficient (Wildman–Crippen LogP) is 2.99. The molecule has 2 atom stereocenters. The minimum Gasteiger partial charge on any atom is -0.496 e. The second-order valence-corrected chi connectivity index (χ2v) is 6.08. The van der Waals surface area contributed by atoms with Crippen molar-refractivity contribution in [2.24, 2.45) is 5.73 Å². The average Bonchev–Trinajstić information content (AvgIpc) is 2.97. The second kappa shape index (κ2) is 7.69. The van der Waals surface area contributed by atoms with Crippen LogP contribution in [-0.4, -0.2) is 37.0 Å².